The van der Waals surface area contributed by atoms with Gasteiger partial charge in [-0.1, -0.05) is 30.3 Å². The summed E-state index contributed by atoms with van der Waals surface area (Å²) in [6.07, 6.45) is 5.44. The number of nitrogens with zero attached hydrogens (tertiary/aromatic N) is 2. The van der Waals surface area contributed by atoms with E-state index < -0.39 is 0 Å². The molecule has 3 aromatic rings. The van der Waals surface area contributed by atoms with E-state index in [0.717, 1.165) is 17.8 Å². The fraction of sp³-hybridized carbons (Fsp3) is 0.0588. The third kappa shape index (κ3) is 3.36. The van der Waals surface area contributed by atoms with Gasteiger partial charge in [0.15, 0.2) is 0 Å². The Bertz CT molecular complexity index is 704. The van der Waals surface area contributed by atoms with Crippen LogP contribution >= 0.6 is 0 Å². The van der Waals surface area contributed by atoms with Crippen molar-refractivity contribution in [3.05, 3.63) is 84.4 Å². The van der Waals surface area contributed by atoms with Gasteiger partial charge < -0.3 is 9.88 Å². The summed E-state index contributed by atoms with van der Waals surface area (Å²) in [5.41, 5.74) is 2.57. The van der Waals surface area contributed by atoms with Crippen LogP contribution in [0.15, 0.2) is 73.3 Å². The molecule has 0 saturated carbocycles. The molecule has 3 rings (SSSR count). The van der Waals surface area contributed by atoms with Crippen LogP contribution < -0.4 is 5.32 Å². The molecule has 0 aliphatic heterocycles. The zero-order chi connectivity index (χ0) is 14.5. The Labute approximate surface area is 123 Å². The van der Waals surface area contributed by atoms with Gasteiger partial charge in [0, 0.05) is 30.2 Å². The second-order valence-electron chi connectivity index (χ2n) is 4.75. The van der Waals surface area contributed by atoms with Crippen LogP contribution in [0.5, 0.6) is 0 Å². The van der Waals surface area contributed by atoms with Crippen molar-refractivity contribution < 1.29 is 4.79 Å². The van der Waals surface area contributed by atoms with Gasteiger partial charge in [0.1, 0.15) is 0 Å². The first-order chi connectivity index (χ1) is 10.3. The van der Waals surface area contributed by atoms with Crippen LogP contribution in [0.1, 0.15) is 15.9 Å². The van der Waals surface area contributed by atoms with Crippen molar-refractivity contribution in [1.29, 1.82) is 0 Å². The van der Waals surface area contributed by atoms with E-state index in [9.17, 15) is 4.79 Å². The third-order valence-electron chi connectivity index (χ3n) is 3.17. The lowest BCUT2D eigenvalue weighted by atomic mass is 10.1. The van der Waals surface area contributed by atoms with Gasteiger partial charge in [-0.25, -0.2) is 4.98 Å². The number of benzene rings is 2. The fourth-order valence-electron chi connectivity index (χ4n) is 2.08. The molecule has 4 heteroatoms. The van der Waals surface area contributed by atoms with E-state index in [1.165, 1.54) is 0 Å². The fourth-order valence-corrected chi connectivity index (χ4v) is 2.08. The van der Waals surface area contributed by atoms with Crippen molar-refractivity contribution in [2.24, 2.45) is 0 Å². The molecule has 0 spiro atoms. The molecule has 0 fully saturated rings. The number of aromatic nitrogens is 2. The molecular weight excluding hydrogens is 262 g/mol. The Kier molecular flexibility index (Phi) is 3.78. The number of rotatable bonds is 4. The first-order valence-corrected chi connectivity index (χ1v) is 6.72. The summed E-state index contributed by atoms with van der Waals surface area (Å²) in [6, 6.07) is 17.0. The number of hydrogen-bond donors (Lipinski definition) is 1. The number of amides is 1. The molecule has 1 aromatic heterocycles. The van der Waals surface area contributed by atoms with Crippen LogP contribution in [0, 0.1) is 0 Å². The molecule has 0 saturated heterocycles. The second-order valence-corrected chi connectivity index (χ2v) is 4.75. The van der Waals surface area contributed by atoms with Crippen LogP contribution in [0.25, 0.3) is 0 Å². The van der Waals surface area contributed by atoms with Gasteiger partial charge in [-0.2, -0.15) is 0 Å². The van der Waals surface area contributed by atoms with Crippen LogP contribution in [0.3, 0.4) is 0 Å². The number of carbonyl (C=O) groups is 1. The number of carbonyl (C=O) groups excluding carboxylic acids is 1. The molecule has 0 bridgehead atoms. The van der Waals surface area contributed by atoms with E-state index in [1.807, 2.05) is 65.4 Å². The highest BCUT2D eigenvalue weighted by atomic mass is 16.1. The maximum Gasteiger partial charge on any atom is 0.255 e. The highest BCUT2D eigenvalue weighted by Gasteiger charge is 2.05. The number of anilines is 1. The summed E-state index contributed by atoms with van der Waals surface area (Å²) < 4.78 is 1.99. The maximum absolute atomic E-state index is 12.1. The van der Waals surface area contributed by atoms with Gasteiger partial charge in [-0.15, -0.1) is 0 Å². The Morgan fingerprint density at radius 2 is 1.81 bits per heavy atom. The minimum Gasteiger partial charge on any atom is -0.333 e. The minimum absolute atomic E-state index is 0.101. The van der Waals surface area contributed by atoms with Crippen molar-refractivity contribution in [2.75, 3.05) is 5.32 Å². The lowest BCUT2D eigenvalue weighted by molar-refractivity contribution is 0.102. The minimum atomic E-state index is -0.101. The van der Waals surface area contributed by atoms with Gasteiger partial charge in [0.25, 0.3) is 5.91 Å². The molecule has 0 aliphatic carbocycles. The van der Waals surface area contributed by atoms with Gasteiger partial charge in [-0.05, 0) is 29.8 Å². The predicted molar refractivity (Wildman–Crippen MR) is 82.2 cm³/mol. The van der Waals surface area contributed by atoms with Crippen LogP contribution in [-0.2, 0) is 6.54 Å². The number of imidazole rings is 1. The highest BCUT2D eigenvalue weighted by Crippen LogP contribution is 2.10. The van der Waals surface area contributed by atoms with E-state index in [2.05, 4.69) is 10.3 Å². The Morgan fingerprint density at radius 3 is 2.48 bits per heavy atom. The van der Waals surface area contributed by atoms with Gasteiger partial charge >= 0.3 is 0 Å². The van der Waals surface area contributed by atoms with Gasteiger partial charge in [0.05, 0.1) is 6.33 Å². The van der Waals surface area contributed by atoms with Crippen LogP contribution in [0.4, 0.5) is 5.69 Å². The maximum atomic E-state index is 12.1. The van der Waals surface area contributed by atoms with Crippen LogP contribution in [-0.4, -0.2) is 15.5 Å². The van der Waals surface area contributed by atoms with Crippen molar-refractivity contribution in [3.63, 3.8) is 0 Å². The van der Waals surface area contributed by atoms with E-state index in [1.54, 1.807) is 12.5 Å². The van der Waals surface area contributed by atoms with Crippen molar-refractivity contribution in [2.45, 2.75) is 6.54 Å². The number of para-hydroxylation sites is 1. The monoisotopic (exact) mass is 277 g/mol. The summed E-state index contributed by atoms with van der Waals surface area (Å²) >= 11 is 0. The molecule has 0 radical (unpaired) electrons. The standard InChI is InChI=1S/C17H15N3O/c21-17(19-16-4-2-1-3-5-16)15-8-6-14(7-9-15)12-20-11-10-18-13-20/h1-11,13H,12H2,(H,19,21). The molecule has 1 N–H and O–H groups in total. The average molecular weight is 277 g/mol. The van der Waals surface area contributed by atoms with Crippen LogP contribution in [0.2, 0.25) is 0 Å². The lowest BCUT2D eigenvalue weighted by Gasteiger charge is -2.06. The summed E-state index contributed by atoms with van der Waals surface area (Å²) in [4.78, 5) is 16.1. The van der Waals surface area contributed by atoms with Crippen molar-refractivity contribution in [1.82, 2.24) is 9.55 Å². The molecule has 4 nitrogen and oxygen atoms in total. The van der Waals surface area contributed by atoms with Crippen molar-refractivity contribution >= 4 is 11.6 Å². The SMILES string of the molecule is O=C(Nc1ccccc1)c1ccc(Cn2ccnc2)cc1. The zero-order valence-corrected chi connectivity index (χ0v) is 11.4. The Morgan fingerprint density at radius 1 is 1.05 bits per heavy atom. The van der Waals surface area contributed by atoms with E-state index in [0.29, 0.717) is 5.56 Å². The molecule has 104 valence electrons. The van der Waals surface area contributed by atoms with Gasteiger partial charge in [-0.3, -0.25) is 4.79 Å². The molecular formula is C17H15N3O. The van der Waals surface area contributed by atoms with Gasteiger partial charge in [0.2, 0.25) is 0 Å². The summed E-state index contributed by atoms with van der Waals surface area (Å²) in [7, 11) is 0. The lowest BCUT2D eigenvalue weighted by Crippen LogP contribution is -2.11. The molecule has 21 heavy (non-hydrogen) atoms. The second kappa shape index (κ2) is 6.05. The third-order valence-corrected chi connectivity index (χ3v) is 3.17. The highest BCUT2D eigenvalue weighted by molar-refractivity contribution is 6.04. The Hall–Kier alpha value is -2.88. The summed E-state index contributed by atoms with van der Waals surface area (Å²) in [6.45, 7) is 0.751. The number of hydrogen-bond acceptors (Lipinski definition) is 2. The molecule has 0 aliphatic rings. The topological polar surface area (TPSA) is 46.9 Å². The average Bonchev–Trinajstić information content (AvgIpc) is 3.02. The largest absolute Gasteiger partial charge is 0.333 e. The first-order valence-electron chi connectivity index (χ1n) is 6.72. The smallest absolute Gasteiger partial charge is 0.255 e. The molecule has 0 atom stereocenters. The number of nitrogens with one attached hydrogen (secondary N) is 1. The molecule has 1 heterocycles. The quantitative estimate of drug-likeness (QED) is 0.796. The summed E-state index contributed by atoms with van der Waals surface area (Å²) in [5.74, 6) is -0.101. The van der Waals surface area contributed by atoms with E-state index in [4.69, 9.17) is 0 Å². The van der Waals surface area contributed by atoms with E-state index >= 15 is 0 Å². The van der Waals surface area contributed by atoms with E-state index in [-0.39, 0.29) is 5.91 Å². The molecule has 1 amide bonds. The predicted octanol–water partition coefficient (Wildman–Crippen LogP) is 3.18. The summed E-state index contributed by atoms with van der Waals surface area (Å²) in [5, 5.41) is 2.87. The molecule has 0 unspecified atom stereocenters. The Balaban J connectivity index is 1.67. The first kappa shape index (κ1) is 13.1. The zero-order valence-electron chi connectivity index (χ0n) is 11.4. The molecule has 2 aromatic carbocycles. The normalized spacial score (nSPS) is 10.3. The van der Waals surface area contributed by atoms with Crippen molar-refractivity contribution in [3.8, 4) is 0 Å².